The molecule has 1 aromatic rings. The van der Waals surface area contributed by atoms with Gasteiger partial charge in [0.05, 0.1) is 7.11 Å². The highest BCUT2D eigenvalue weighted by Gasteiger charge is 2.11. The Balaban J connectivity index is 2.64. The van der Waals surface area contributed by atoms with Gasteiger partial charge in [-0.3, -0.25) is 0 Å². The van der Waals surface area contributed by atoms with E-state index in [-0.39, 0.29) is 11.9 Å². The largest absolute Gasteiger partial charge is 0.497 e. The molecule has 16 heavy (non-hydrogen) atoms. The lowest BCUT2D eigenvalue weighted by Gasteiger charge is -2.13. The van der Waals surface area contributed by atoms with Gasteiger partial charge in [-0.15, -0.1) is 0 Å². The number of ether oxygens (including phenoxy) is 2. The van der Waals surface area contributed by atoms with E-state index < -0.39 is 0 Å². The first-order chi connectivity index (χ1) is 7.69. The van der Waals surface area contributed by atoms with Gasteiger partial charge in [-0.1, -0.05) is 6.07 Å². The summed E-state index contributed by atoms with van der Waals surface area (Å²) in [4.78, 5) is 0. The Morgan fingerprint density at radius 3 is 2.75 bits per heavy atom. The zero-order valence-electron chi connectivity index (χ0n) is 9.70. The molecule has 1 aromatic carbocycles. The summed E-state index contributed by atoms with van der Waals surface area (Å²) in [6.45, 7) is 3.11. The lowest BCUT2D eigenvalue weighted by atomic mass is 10.0. The van der Waals surface area contributed by atoms with Gasteiger partial charge in [-0.05, 0) is 19.4 Å². The molecular weight excluding hydrogens is 209 g/mol. The molecule has 3 nitrogen and oxygen atoms in total. The predicted octanol–water partition coefficient (Wildman–Crippen LogP) is 2.26. The first kappa shape index (κ1) is 12.9. The van der Waals surface area contributed by atoms with Crippen LogP contribution in [0.5, 0.6) is 5.75 Å². The second kappa shape index (κ2) is 6.45. The van der Waals surface area contributed by atoms with E-state index in [0.717, 1.165) is 0 Å². The minimum absolute atomic E-state index is 0.330. The van der Waals surface area contributed by atoms with Crippen LogP contribution >= 0.6 is 0 Å². The van der Waals surface area contributed by atoms with E-state index in [1.165, 1.54) is 13.2 Å². The van der Waals surface area contributed by atoms with Crippen molar-refractivity contribution in [2.75, 3.05) is 20.3 Å². The van der Waals surface area contributed by atoms with Crippen molar-refractivity contribution in [3.63, 3.8) is 0 Å². The minimum Gasteiger partial charge on any atom is -0.497 e. The summed E-state index contributed by atoms with van der Waals surface area (Å²) in [5.74, 6) is 0.168. The van der Waals surface area contributed by atoms with Gasteiger partial charge in [0.15, 0.2) is 0 Å². The molecule has 0 aromatic heterocycles. The van der Waals surface area contributed by atoms with Gasteiger partial charge in [0, 0.05) is 30.9 Å². The minimum atomic E-state index is -0.336. The van der Waals surface area contributed by atoms with Crippen molar-refractivity contribution < 1.29 is 13.9 Å². The van der Waals surface area contributed by atoms with Crippen LogP contribution in [-0.2, 0) is 4.74 Å². The first-order valence-electron chi connectivity index (χ1n) is 5.35. The number of rotatable bonds is 6. The average Bonchev–Trinajstić information content (AvgIpc) is 2.29. The molecule has 1 atom stereocenters. The standard InChI is InChI=1S/C12H18FNO2/c1-3-16-7-6-12(14)10-5-4-9(15-2)8-11(10)13/h4-5,8,12H,3,6-7,14H2,1-2H3. The van der Waals surface area contributed by atoms with Crippen molar-refractivity contribution in [2.24, 2.45) is 5.73 Å². The van der Waals surface area contributed by atoms with Crippen LogP contribution in [0, 0.1) is 5.82 Å². The molecule has 2 N–H and O–H groups in total. The van der Waals surface area contributed by atoms with E-state index in [9.17, 15) is 4.39 Å². The molecule has 0 radical (unpaired) electrons. The summed E-state index contributed by atoms with van der Waals surface area (Å²) in [7, 11) is 1.50. The topological polar surface area (TPSA) is 44.5 Å². The molecule has 90 valence electrons. The average molecular weight is 227 g/mol. The van der Waals surface area contributed by atoms with Crippen molar-refractivity contribution in [1.29, 1.82) is 0 Å². The third-order valence-corrected chi connectivity index (χ3v) is 2.38. The molecule has 1 rings (SSSR count). The lowest BCUT2D eigenvalue weighted by molar-refractivity contribution is 0.139. The molecule has 0 bridgehead atoms. The Hall–Kier alpha value is -1.13. The van der Waals surface area contributed by atoms with Gasteiger partial charge >= 0.3 is 0 Å². The molecule has 0 heterocycles. The molecule has 0 amide bonds. The van der Waals surface area contributed by atoms with Crippen LogP contribution in [0.1, 0.15) is 24.9 Å². The van der Waals surface area contributed by atoms with Crippen LogP contribution in [0.25, 0.3) is 0 Å². The maximum atomic E-state index is 13.6. The smallest absolute Gasteiger partial charge is 0.131 e. The number of halogens is 1. The lowest BCUT2D eigenvalue weighted by Crippen LogP contribution is -2.14. The van der Waals surface area contributed by atoms with E-state index >= 15 is 0 Å². The maximum Gasteiger partial charge on any atom is 0.131 e. The Labute approximate surface area is 95.4 Å². The molecule has 0 aliphatic heterocycles. The summed E-state index contributed by atoms with van der Waals surface area (Å²) in [6, 6.07) is 4.37. The molecule has 0 aliphatic rings. The monoisotopic (exact) mass is 227 g/mol. The number of benzene rings is 1. The first-order valence-corrected chi connectivity index (χ1v) is 5.35. The van der Waals surface area contributed by atoms with Crippen LogP contribution in [-0.4, -0.2) is 20.3 Å². The zero-order valence-corrected chi connectivity index (χ0v) is 9.70. The summed E-state index contributed by atoms with van der Waals surface area (Å²) in [5.41, 5.74) is 6.37. The predicted molar refractivity (Wildman–Crippen MR) is 61.0 cm³/mol. The van der Waals surface area contributed by atoms with Gasteiger partial charge in [0.25, 0.3) is 0 Å². The third kappa shape index (κ3) is 3.47. The molecule has 0 fully saturated rings. The number of nitrogens with two attached hydrogens (primary N) is 1. The fourth-order valence-electron chi connectivity index (χ4n) is 1.45. The van der Waals surface area contributed by atoms with Gasteiger partial charge in [0.1, 0.15) is 11.6 Å². The van der Waals surface area contributed by atoms with Crippen LogP contribution in [0.3, 0.4) is 0 Å². The zero-order chi connectivity index (χ0) is 12.0. The van der Waals surface area contributed by atoms with E-state index in [0.29, 0.717) is 30.9 Å². The van der Waals surface area contributed by atoms with Crippen LogP contribution in [0.4, 0.5) is 4.39 Å². The molecule has 1 unspecified atom stereocenters. The summed E-state index contributed by atoms with van der Waals surface area (Å²) >= 11 is 0. The fraction of sp³-hybridized carbons (Fsp3) is 0.500. The van der Waals surface area contributed by atoms with Gasteiger partial charge in [-0.2, -0.15) is 0 Å². The van der Waals surface area contributed by atoms with Crippen molar-refractivity contribution in [1.82, 2.24) is 0 Å². The van der Waals surface area contributed by atoms with Crippen LogP contribution in [0.2, 0.25) is 0 Å². The summed E-state index contributed by atoms with van der Waals surface area (Å²) in [5, 5.41) is 0. The highest BCUT2D eigenvalue weighted by Crippen LogP contribution is 2.22. The van der Waals surface area contributed by atoms with Gasteiger partial charge in [-0.25, -0.2) is 4.39 Å². The van der Waals surface area contributed by atoms with Gasteiger partial charge < -0.3 is 15.2 Å². The van der Waals surface area contributed by atoms with Gasteiger partial charge in [0.2, 0.25) is 0 Å². The molecule has 0 spiro atoms. The number of hydrogen-bond donors (Lipinski definition) is 1. The SMILES string of the molecule is CCOCCC(N)c1ccc(OC)cc1F. The van der Waals surface area contributed by atoms with Crippen molar-refractivity contribution >= 4 is 0 Å². The quantitative estimate of drug-likeness (QED) is 0.758. The Kier molecular flexibility index (Phi) is 5.22. The highest BCUT2D eigenvalue weighted by molar-refractivity contribution is 5.30. The van der Waals surface area contributed by atoms with Crippen LogP contribution < -0.4 is 10.5 Å². The van der Waals surface area contributed by atoms with E-state index in [1.54, 1.807) is 12.1 Å². The third-order valence-electron chi connectivity index (χ3n) is 2.38. The van der Waals surface area contributed by atoms with E-state index in [1.807, 2.05) is 6.92 Å². The molecule has 4 heteroatoms. The second-order valence-corrected chi connectivity index (χ2v) is 3.48. The summed E-state index contributed by atoms with van der Waals surface area (Å²) < 4.78 is 23.7. The maximum absolute atomic E-state index is 13.6. The van der Waals surface area contributed by atoms with Crippen molar-refractivity contribution in [3.05, 3.63) is 29.6 Å². The highest BCUT2D eigenvalue weighted by atomic mass is 19.1. The number of methoxy groups -OCH3 is 1. The summed E-state index contributed by atoms with van der Waals surface area (Å²) in [6.07, 6.45) is 0.608. The Morgan fingerprint density at radius 2 is 2.19 bits per heavy atom. The van der Waals surface area contributed by atoms with Crippen molar-refractivity contribution in [3.8, 4) is 5.75 Å². The Bertz CT molecular complexity index is 331. The molecular formula is C12H18FNO2. The van der Waals surface area contributed by atoms with E-state index in [2.05, 4.69) is 0 Å². The Morgan fingerprint density at radius 1 is 1.44 bits per heavy atom. The van der Waals surface area contributed by atoms with E-state index in [4.69, 9.17) is 15.2 Å². The number of hydrogen-bond acceptors (Lipinski definition) is 3. The second-order valence-electron chi connectivity index (χ2n) is 3.48. The molecule has 0 saturated heterocycles. The van der Waals surface area contributed by atoms with Crippen LogP contribution in [0.15, 0.2) is 18.2 Å². The fourth-order valence-corrected chi connectivity index (χ4v) is 1.45. The molecule has 0 saturated carbocycles. The molecule has 0 aliphatic carbocycles. The normalized spacial score (nSPS) is 12.5. The van der Waals surface area contributed by atoms with Crippen molar-refractivity contribution in [2.45, 2.75) is 19.4 Å².